The molecule has 0 saturated carbocycles. The minimum absolute atomic E-state index is 0.105. The Hall–Kier alpha value is -2.99. The van der Waals surface area contributed by atoms with Gasteiger partial charge in [-0.3, -0.25) is 9.89 Å². The van der Waals surface area contributed by atoms with Gasteiger partial charge in [0.25, 0.3) is 5.56 Å². The minimum Gasteiger partial charge on any atom is -0.334 e. The van der Waals surface area contributed by atoms with Gasteiger partial charge in [0.05, 0.1) is 17.8 Å². The van der Waals surface area contributed by atoms with Crippen LogP contribution in [0.15, 0.2) is 59.4 Å². The van der Waals surface area contributed by atoms with E-state index in [1.807, 2.05) is 42.5 Å². The number of amides is 2. The average Bonchev–Trinajstić information content (AvgIpc) is 3.04. The molecular weight excluding hydrogens is 364 g/mol. The highest BCUT2D eigenvalue weighted by atomic mass is 35.5. The molecule has 138 valence electrons. The van der Waals surface area contributed by atoms with Crippen molar-refractivity contribution in [1.82, 2.24) is 20.0 Å². The van der Waals surface area contributed by atoms with E-state index < -0.39 is 0 Å². The first kappa shape index (κ1) is 17.4. The van der Waals surface area contributed by atoms with Gasteiger partial charge in [-0.1, -0.05) is 41.9 Å². The van der Waals surface area contributed by atoms with E-state index in [0.29, 0.717) is 36.6 Å². The van der Waals surface area contributed by atoms with Gasteiger partial charge in [0.15, 0.2) is 0 Å². The molecule has 0 aliphatic carbocycles. The summed E-state index contributed by atoms with van der Waals surface area (Å²) in [4.78, 5) is 26.9. The topological polar surface area (TPSA) is 70.1 Å². The van der Waals surface area contributed by atoms with E-state index in [1.165, 1.54) is 0 Å². The maximum Gasteiger partial charge on any atom is 0.317 e. The van der Waals surface area contributed by atoms with Gasteiger partial charge in [0.1, 0.15) is 0 Å². The summed E-state index contributed by atoms with van der Waals surface area (Å²) in [5.41, 5.74) is 3.19. The Morgan fingerprint density at radius 2 is 1.85 bits per heavy atom. The summed E-state index contributed by atoms with van der Waals surface area (Å²) in [6, 6.07) is 16.6. The molecule has 7 heteroatoms. The lowest BCUT2D eigenvalue weighted by Crippen LogP contribution is -2.43. The van der Waals surface area contributed by atoms with Crippen molar-refractivity contribution in [2.75, 3.05) is 6.54 Å². The van der Waals surface area contributed by atoms with E-state index in [9.17, 15) is 9.59 Å². The molecule has 1 aliphatic heterocycles. The van der Waals surface area contributed by atoms with Crippen molar-refractivity contribution >= 4 is 17.6 Å². The lowest BCUT2D eigenvalue weighted by molar-refractivity contribution is 0.191. The number of para-hydroxylation sites is 1. The molecule has 0 saturated heterocycles. The summed E-state index contributed by atoms with van der Waals surface area (Å²) in [7, 11) is 0. The molecule has 2 heterocycles. The number of aromatic nitrogens is 2. The van der Waals surface area contributed by atoms with Crippen molar-refractivity contribution < 1.29 is 4.79 Å². The molecule has 0 atom stereocenters. The van der Waals surface area contributed by atoms with Gasteiger partial charge in [0.2, 0.25) is 0 Å². The second kappa shape index (κ2) is 7.32. The lowest BCUT2D eigenvalue weighted by atomic mass is 10.1. The number of fused-ring (bicyclic) bond motifs is 1. The van der Waals surface area contributed by atoms with Gasteiger partial charge >= 0.3 is 6.03 Å². The van der Waals surface area contributed by atoms with Crippen LogP contribution in [0.4, 0.5) is 4.79 Å². The highest BCUT2D eigenvalue weighted by Gasteiger charge is 2.25. The summed E-state index contributed by atoms with van der Waals surface area (Å²) in [5, 5.41) is 6.74. The van der Waals surface area contributed by atoms with Gasteiger partial charge in [-0.05, 0) is 29.8 Å². The Labute approximate surface area is 161 Å². The van der Waals surface area contributed by atoms with Gasteiger partial charge in [-0.25, -0.2) is 9.48 Å². The zero-order chi connectivity index (χ0) is 18.8. The van der Waals surface area contributed by atoms with Crippen LogP contribution in [0.1, 0.15) is 16.8 Å². The van der Waals surface area contributed by atoms with Crippen LogP contribution in [0.5, 0.6) is 0 Å². The molecule has 0 fully saturated rings. The number of hydrogen-bond acceptors (Lipinski definition) is 2. The first-order chi connectivity index (χ1) is 13.1. The summed E-state index contributed by atoms with van der Waals surface area (Å²) < 4.78 is 1.54. The van der Waals surface area contributed by atoms with Crippen molar-refractivity contribution in [3.8, 4) is 5.69 Å². The van der Waals surface area contributed by atoms with Crippen molar-refractivity contribution in [1.29, 1.82) is 0 Å². The van der Waals surface area contributed by atoms with Crippen LogP contribution >= 0.6 is 11.6 Å². The maximum atomic E-state index is 12.8. The molecule has 2 aromatic carbocycles. The molecule has 2 N–H and O–H groups in total. The Morgan fingerprint density at radius 1 is 1.11 bits per heavy atom. The Morgan fingerprint density at radius 3 is 2.59 bits per heavy atom. The number of H-pyrrole nitrogens is 1. The van der Waals surface area contributed by atoms with E-state index in [-0.39, 0.29) is 11.6 Å². The van der Waals surface area contributed by atoms with Crippen molar-refractivity contribution in [3.63, 3.8) is 0 Å². The molecule has 4 rings (SSSR count). The molecule has 1 aromatic heterocycles. The highest BCUT2D eigenvalue weighted by molar-refractivity contribution is 6.30. The largest absolute Gasteiger partial charge is 0.334 e. The standard InChI is InChI=1S/C20H19ClN4O2/c21-15-8-6-14(7-9-15)12-22-20(27)24-11-10-18-17(13-24)19(26)25(23-18)16-4-2-1-3-5-16/h1-9,23H,10-13H2,(H,22,27). The number of carbonyl (C=O) groups is 1. The number of halogens is 1. The monoisotopic (exact) mass is 382 g/mol. The van der Waals surface area contributed by atoms with Crippen LogP contribution in [-0.2, 0) is 19.5 Å². The van der Waals surface area contributed by atoms with Gasteiger partial charge in [0, 0.05) is 30.2 Å². The molecule has 0 bridgehead atoms. The zero-order valence-electron chi connectivity index (χ0n) is 14.6. The van der Waals surface area contributed by atoms with Crippen LogP contribution in [0.2, 0.25) is 5.02 Å². The number of carbonyl (C=O) groups excluding carboxylic acids is 1. The Bertz CT molecular complexity index is 1010. The number of nitrogens with zero attached hydrogens (tertiary/aromatic N) is 2. The predicted octanol–water partition coefficient (Wildman–Crippen LogP) is 3.09. The maximum absolute atomic E-state index is 12.8. The fourth-order valence-electron chi connectivity index (χ4n) is 3.23. The number of rotatable bonds is 3. The van der Waals surface area contributed by atoms with Crippen molar-refractivity contribution in [2.45, 2.75) is 19.5 Å². The van der Waals surface area contributed by atoms with E-state index in [0.717, 1.165) is 16.9 Å². The first-order valence-corrected chi connectivity index (χ1v) is 9.15. The van der Waals surface area contributed by atoms with Crippen molar-refractivity contribution in [3.05, 3.63) is 86.8 Å². The SMILES string of the molecule is O=C(NCc1ccc(Cl)cc1)N1CCc2[nH]n(-c3ccccc3)c(=O)c2C1. The van der Waals surface area contributed by atoms with Crippen LogP contribution in [-0.4, -0.2) is 27.3 Å². The van der Waals surface area contributed by atoms with Crippen LogP contribution in [0.25, 0.3) is 5.69 Å². The van der Waals surface area contributed by atoms with Crippen LogP contribution in [0.3, 0.4) is 0 Å². The second-order valence-corrected chi connectivity index (χ2v) is 6.94. The normalized spacial score (nSPS) is 13.3. The van der Waals surface area contributed by atoms with E-state index in [2.05, 4.69) is 10.4 Å². The molecular formula is C20H19ClN4O2. The van der Waals surface area contributed by atoms with Crippen LogP contribution < -0.4 is 10.9 Å². The molecule has 2 amide bonds. The third kappa shape index (κ3) is 3.61. The first-order valence-electron chi connectivity index (χ1n) is 8.77. The average molecular weight is 383 g/mol. The molecule has 1 aliphatic rings. The number of benzene rings is 2. The predicted molar refractivity (Wildman–Crippen MR) is 104 cm³/mol. The van der Waals surface area contributed by atoms with E-state index in [4.69, 9.17) is 11.6 Å². The van der Waals surface area contributed by atoms with E-state index in [1.54, 1.807) is 21.7 Å². The number of urea groups is 1. The fraction of sp³-hybridized carbons (Fsp3) is 0.200. The summed E-state index contributed by atoms with van der Waals surface area (Å²) in [5.74, 6) is 0. The summed E-state index contributed by atoms with van der Waals surface area (Å²) >= 11 is 5.87. The van der Waals surface area contributed by atoms with Gasteiger partial charge < -0.3 is 10.2 Å². The molecule has 6 nitrogen and oxygen atoms in total. The molecule has 0 unspecified atom stereocenters. The van der Waals surface area contributed by atoms with E-state index >= 15 is 0 Å². The molecule has 0 spiro atoms. The fourth-order valence-corrected chi connectivity index (χ4v) is 3.35. The quantitative estimate of drug-likeness (QED) is 0.730. The minimum atomic E-state index is -0.178. The number of nitrogens with one attached hydrogen (secondary N) is 2. The third-order valence-electron chi connectivity index (χ3n) is 4.71. The molecule has 0 radical (unpaired) electrons. The molecule has 3 aromatic rings. The smallest absolute Gasteiger partial charge is 0.317 e. The lowest BCUT2D eigenvalue weighted by Gasteiger charge is -2.26. The van der Waals surface area contributed by atoms with Crippen LogP contribution in [0, 0.1) is 0 Å². The second-order valence-electron chi connectivity index (χ2n) is 6.50. The molecule has 27 heavy (non-hydrogen) atoms. The van der Waals surface area contributed by atoms with Gasteiger partial charge in [-0.2, -0.15) is 0 Å². The number of aromatic amines is 1. The third-order valence-corrected chi connectivity index (χ3v) is 4.96. The zero-order valence-corrected chi connectivity index (χ0v) is 15.4. The highest BCUT2D eigenvalue weighted by Crippen LogP contribution is 2.16. The summed E-state index contributed by atoms with van der Waals surface area (Å²) in [6.07, 6.45) is 0.624. The Balaban J connectivity index is 1.46. The van der Waals surface area contributed by atoms with Crippen molar-refractivity contribution in [2.24, 2.45) is 0 Å². The summed E-state index contributed by atoms with van der Waals surface area (Å²) in [6.45, 7) is 1.28. The Kier molecular flexibility index (Phi) is 4.73. The number of hydrogen-bond donors (Lipinski definition) is 2. The van der Waals surface area contributed by atoms with Gasteiger partial charge in [-0.15, -0.1) is 0 Å².